The normalized spacial score (nSPS) is 10.7. The molecule has 90 valence electrons. The molecule has 0 aromatic carbocycles. The molecule has 0 aliphatic heterocycles. The van der Waals surface area contributed by atoms with Crippen molar-refractivity contribution in [1.82, 2.24) is 19.6 Å². The number of nitrogens with one attached hydrogen (secondary N) is 1. The Labute approximate surface area is 102 Å². The molecule has 0 bridgehead atoms. The van der Waals surface area contributed by atoms with Crippen LogP contribution in [0.25, 0.3) is 5.65 Å². The molecule has 0 saturated heterocycles. The first-order valence-corrected chi connectivity index (χ1v) is 5.47. The summed E-state index contributed by atoms with van der Waals surface area (Å²) in [6, 6.07) is 8.61. The summed E-state index contributed by atoms with van der Waals surface area (Å²) in [7, 11) is 0. The number of fused-ring (bicyclic) bond motifs is 1. The zero-order valence-corrected chi connectivity index (χ0v) is 9.42. The predicted molar refractivity (Wildman–Crippen MR) is 64.5 cm³/mol. The van der Waals surface area contributed by atoms with Gasteiger partial charge in [-0.05, 0) is 24.3 Å². The van der Waals surface area contributed by atoms with E-state index in [9.17, 15) is 4.39 Å². The van der Waals surface area contributed by atoms with Gasteiger partial charge in [-0.2, -0.15) is 4.98 Å². The highest BCUT2D eigenvalue weighted by Crippen LogP contribution is 2.07. The second-order valence-corrected chi connectivity index (χ2v) is 3.76. The predicted octanol–water partition coefficient (Wildman–Crippen LogP) is 1.88. The van der Waals surface area contributed by atoms with Crippen molar-refractivity contribution in [3.05, 3.63) is 54.2 Å². The lowest BCUT2D eigenvalue weighted by Gasteiger charge is -1.99. The van der Waals surface area contributed by atoms with Crippen LogP contribution in [0.2, 0.25) is 0 Å². The molecular formula is C12H10FN5. The molecule has 0 aliphatic rings. The Morgan fingerprint density at radius 3 is 3.00 bits per heavy atom. The highest BCUT2D eigenvalue weighted by Gasteiger charge is 2.03. The number of rotatable bonds is 3. The summed E-state index contributed by atoms with van der Waals surface area (Å²) in [5, 5.41) is 7.16. The Morgan fingerprint density at radius 1 is 1.22 bits per heavy atom. The van der Waals surface area contributed by atoms with Gasteiger partial charge >= 0.3 is 0 Å². The summed E-state index contributed by atoms with van der Waals surface area (Å²) >= 11 is 0. The fourth-order valence-electron chi connectivity index (χ4n) is 1.61. The SMILES string of the molecule is Fc1ccc2nc(NCc3ccccn3)nn2c1. The Morgan fingerprint density at radius 2 is 2.17 bits per heavy atom. The molecule has 0 aliphatic carbocycles. The first-order chi connectivity index (χ1) is 8.81. The van der Waals surface area contributed by atoms with Gasteiger partial charge in [0, 0.05) is 6.20 Å². The van der Waals surface area contributed by atoms with Crippen LogP contribution in [0.3, 0.4) is 0 Å². The van der Waals surface area contributed by atoms with Crippen LogP contribution in [0, 0.1) is 5.82 Å². The van der Waals surface area contributed by atoms with E-state index in [-0.39, 0.29) is 5.82 Å². The first kappa shape index (κ1) is 10.6. The van der Waals surface area contributed by atoms with Crippen molar-refractivity contribution in [2.24, 2.45) is 0 Å². The van der Waals surface area contributed by atoms with Crippen molar-refractivity contribution in [3.8, 4) is 0 Å². The molecule has 3 aromatic heterocycles. The molecule has 3 heterocycles. The van der Waals surface area contributed by atoms with Crippen LogP contribution in [-0.2, 0) is 6.54 Å². The van der Waals surface area contributed by atoms with E-state index in [0.717, 1.165) is 5.69 Å². The topological polar surface area (TPSA) is 55.1 Å². The van der Waals surface area contributed by atoms with Gasteiger partial charge in [0.2, 0.25) is 5.95 Å². The summed E-state index contributed by atoms with van der Waals surface area (Å²) in [6.45, 7) is 0.528. The molecule has 0 unspecified atom stereocenters. The maximum atomic E-state index is 13.0. The lowest BCUT2D eigenvalue weighted by Crippen LogP contribution is -2.02. The number of hydrogen-bond donors (Lipinski definition) is 1. The third kappa shape index (κ3) is 2.13. The third-order valence-electron chi connectivity index (χ3n) is 2.45. The molecule has 18 heavy (non-hydrogen) atoms. The standard InChI is InChI=1S/C12H10FN5/c13-9-4-5-11-16-12(17-18(11)8-9)15-7-10-3-1-2-6-14-10/h1-6,8H,7H2,(H,15,17). The number of aromatic nitrogens is 4. The average Bonchev–Trinajstić information content (AvgIpc) is 2.79. The Balaban J connectivity index is 1.79. The van der Waals surface area contributed by atoms with Gasteiger partial charge in [-0.15, -0.1) is 5.10 Å². The molecule has 0 spiro atoms. The Kier molecular flexibility index (Phi) is 2.60. The highest BCUT2D eigenvalue weighted by molar-refractivity contribution is 5.43. The molecule has 0 radical (unpaired) electrons. The van der Waals surface area contributed by atoms with E-state index in [4.69, 9.17) is 0 Å². The lowest BCUT2D eigenvalue weighted by molar-refractivity contribution is 0.615. The van der Waals surface area contributed by atoms with Crippen molar-refractivity contribution in [1.29, 1.82) is 0 Å². The zero-order valence-electron chi connectivity index (χ0n) is 9.42. The van der Waals surface area contributed by atoms with Crippen molar-refractivity contribution in [3.63, 3.8) is 0 Å². The van der Waals surface area contributed by atoms with E-state index >= 15 is 0 Å². The summed E-state index contributed by atoms with van der Waals surface area (Å²) in [5.41, 5.74) is 1.49. The van der Waals surface area contributed by atoms with Gasteiger partial charge < -0.3 is 5.32 Å². The second-order valence-electron chi connectivity index (χ2n) is 3.76. The van der Waals surface area contributed by atoms with Gasteiger partial charge in [-0.25, -0.2) is 8.91 Å². The third-order valence-corrected chi connectivity index (χ3v) is 2.45. The number of anilines is 1. The largest absolute Gasteiger partial charge is 0.347 e. The minimum Gasteiger partial charge on any atom is -0.347 e. The molecule has 3 rings (SSSR count). The summed E-state index contributed by atoms with van der Waals surface area (Å²) in [4.78, 5) is 8.39. The van der Waals surface area contributed by atoms with Crippen LogP contribution in [0.1, 0.15) is 5.69 Å². The van der Waals surface area contributed by atoms with Gasteiger partial charge in [0.25, 0.3) is 0 Å². The molecule has 3 aromatic rings. The molecule has 1 N–H and O–H groups in total. The van der Waals surface area contributed by atoms with Gasteiger partial charge in [-0.1, -0.05) is 6.07 Å². The number of pyridine rings is 2. The Hall–Kier alpha value is -2.50. The molecule has 0 fully saturated rings. The fraction of sp³-hybridized carbons (Fsp3) is 0.0833. The van der Waals surface area contributed by atoms with Crippen LogP contribution < -0.4 is 5.32 Å². The summed E-state index contributed by atoms with van der Waals surface area (Å²) in [5.74, 6) is 0.106. The monoisotopic (exact) mass is 243 g/mol. The summed E-state index contributed by atoms with van der Waals surface area (Å²) < 4.78 is 14.4. The molecular weight excluding hydrogens is 233 g/mol. The van der Waals surface area contributed by atoms with E-state index in [1.165, 1.54) is 16.8 Å². The minimum atomic E-state index is -0.344. The Bertz CT molecular complexity index is 665. The first-order valence-electron chi connectivity index (χ1n) is 5.47. The summed E-state index contributed by atoms with van der Waals surface area (Å²) in [6.07, 6.45) is 3.01. The van der Waals surface area contributed by atoms with E-state index in [1.807, 2.05) is 18.2 Å². The zero-order chi connectivity index (χ0) is 12.4. The van der Waals surface area contributed by atoms with Gasteiger partial charge in [-0.3, -0.25) is 4.98 Å². The van der Waals surface area contributed by atoms with E-state index in [0.29, 0.717) is 18.1 Å². The molecule has 6 heteroatoms. The molecule has 0 atom stereocenters. The highest BCUT2D eigenvalue weighted by atomic mass is 19.1. The van der Waals surface area contributed by atoms with Crippen molar-refractivity contribution >= 4 is 11.6 Å². The smallest absolute Gasteiger partial charge is 0.243 e. The molecule has 0 saturated carbocycles. The number of hydrogen-bond acceptors (Lipinski definition) is 4. The van der Waals surface area contributed by atoms with Gasteiger partial charge in [0.15, 0.2) is 5.65 Å². The van der Waals surface area contributed by atoms with Crippen LogP contribution in [0.4, 0.5) is 10.3 Å². The fourth-order valence-corrected chi connectivity index (χ4v) is 1.61. The van der Waals surface area contributed by atoms with Crippen molar-refractivity contribution < 1.29 is 4.39 Å². The molecule has 0 amide bonds. The number of nitrogens with zero attached hydrogens (tertiary/aromatic N) is 4. The maximum Gasteiger partial charge on any atom is 0.243 e. The van der Waals surface area contributed by atoms with E-state index in [1.54, 1.807) is 12.3 Å². The minimum absolute atomic E-state index is 0.344. The number of halogens is 1. The lowest BCUT2D eigenvalue weighted by atomic mass is 10.3. The second kappa shape index (κ2) is 4.40. The quantitative estimate of drug-likeness (QED) is 0.763. The van der Waals surface area contributed by atoms with Crippen molar-refractivity contribution in [2.75, 3.05) is 5.32 Å². The van der Waals surface area contributed by atoms with Crippen LogP contribution >= 0.6 is 0 Å². The molecule has 5 nitrogen and oxygen atoms in total. The van der Waals surface area contributed by atoms with Crippen LogP contribution in [-0.4, -0.2) is 19.6 Å². The van der Waals surface area contributed by atoms with Crippen LogP contribution in [0.5, 0.6) is 0 Å². The van der Waals surface area contributed by atoms with Gasteiger partial charge in [0.05, 0.1) is 18.4 Å². The van der Waals surface area contributed by atoms with E-state index in [2.05, 4.69) is 20.4 Å². The van der Waals surface area contributed by atoms with E-state index < -0.39 is 0 Å². The average molecular weight is 243 g/mol. The van der Waals surface area contributed by atoms with Crippen molar-refractivity contribution in [2.45, 2.75) is 6.54 Å². The maximum absolute atomic E-state index is 13.0. The van der Waals surface area contributed by atoms with Gasteiger partial charge in [0.1, 0.15) is 5.82 Å². The van der Waals surface area contributed by atoms with Crippen LogP contribution in [0.15, 0.2) is 42.7 Å².